The summed E-state index contributed by atoms with van der Waals surface area (Å²) in [4.78, 5) is 2.52. The number of piperidine rings is 1. The maximum Gasteiger partial charge on any atom is 0.123 e. The molecule has 1 heterocycles. The molecule has 1 saturated heterocycles. The van der Waals surface area contributed by atoms with Crippen molar-refractivity contribution >= 4 is 0 Å². The Balaban J connectivity index is 1.51. The first-order chi connectivity index (χ1) is 10.8. The van der Waals surface area contributed by atoms with Crippen LogP contribution in [0.2, 0.25) is 0 Å². The Kier molecular flexibility index (Phi) is 5.21. The van der Waals surface area contributed by atoms with Crippen LogP contribution in [0.5, 0.6) is 11.5 Å². The lowest BCUT2D eigenvalue weighted by atomic mass is 10.0. The second kappa shape index (κ2) is 7.34. The van der Waals surface area contributed by atoms with Gasteiger partial charge in [-0.05, 0) is 69.4 Å². The molecule has 1 N–H and O–H groups in total. The molecule has 122 valence electrons. The van der Waals surface area contributed by atoms with Crippen LogP contribution < -0.4 is 14.8 Å². The predicted octanol–water partition coefficient (Wildman–Crippen LogP) is 2.67. The number of likely N-dealkylation sites (tertiary alicyclic amines) is 1. The van der Waals surface area contributed by atoms with E-state index in [4.69, 9.17) is 9.47 Å². The second-order valence-electron chi connectivity index (χ2n) is 6.58. The van der Waals surface area contributed by atoms with E-state index in [1.165, 1.54) is 37.8 Å². The smallest absolute Gasteiger partial charge is 0.123 e. The lowest BCUT2D eigenvalue weighted by Crippen LogP contribution is -2.42. The Morgan fingerprint density at radius 3 is 2.50 bits per heavy atom. The van der Waals surface area contributed by atoms with Gasteiger partial charge in [0.1, 0.15) is 11.5 Å². The number of ether oxygens (including phenoxy) is 2. The largest absolute Gasteiger partial charge is 0.497 e. The van der Waals surface area contributed by atoms with Gasteiger partial charge in [-0.1, -0.05) is 0 Å². The molecule has 1 aliphatic heterocycles. The third-order valence-corrected chi connectivity index (χ3v) is 4.86. The standard InChI is InChI=1S/C18H28N2O2/c1-21-17-5-6-18(22-2)15(11-17)13-20-9-7-16(8-10-20)19-12-14-3-4-14/h5-6,11,14,16,19H,3-4,7-10,12-13H2,1-2H3. The first-order valence-electron chi connectivity index (χ1n) is 8.45. The van der Waals surface area contributed by atoms with Crippen molar-refractivity contribution in [2.45, 2.75) is 38.3 Å². The molecular formula is C18H28N2O2. The number of methoxy groups -OCH3 is 2. The molecule has 0 aromatic heterocycles. The second-order valence-corrected chi connectivity index (χ2v) is 6.58. The van der Waals surface area contributed by atoms with Gasteiger partial charge >= 0.3 is 0 Å². The van der Waals surface area contributed by atoms with Crippen LogP contribution in [0.4, 0.5) is 0 Å². The predicted molar refractivity (Wildman–Crippen MR) is 88.6 cm³/mol. The molecule has 3 rings (SSSR count). The highest BCUT2D eigenvalue weighted by atomic mass is 16.5. The summed E-state index contributed by atoms with van der Waals surface area (Å²) in [6, 6.07) is 6.76. The monoisotopic (exact) mass is 304 g/mol. The van der Waals surface area contributed by atoms with Crippen molar-refractivity contribution in [1.29, 1.82) is 0 Å². The quantitative estimate of drug-likeness (QED) is 0.840. The zero-order chi connectivity index (χ0) is 15.4. The Labute approximate surface area is 133 Å². The summed E-state index contributed by atoms with van der Waals surface area (Å²) in [5.74, 6) is 2.82. The van der Waals surface area contributed by atoms with Gasteiger partial charge in [-0.25, -0.2) is 0 Å². The van der Waals surface area contributed by atoms with Crippen molar-refractivity contribution in [3.8, 4) is 11.5 Å². The van der Waals surface area contributed by atoms with E-state index in [1.807, 2.05) is 12.1 Å². The number of rotatable bonds is 7. The molecule has 0 bridgehead atoms. The molecule has 1 aromatic carbocycles. The zero-order valence-electron chi connectivity index (χ0n) is 13.8. The topological polar surface area (TPSA) is 33.7 Å². The average Bonchev–Trinajstić information content (AvgIpc) is 3.38. The maximum atomic E-state index is 5.48. The van der Waals surface area contributed by atoms with E-state index in [0.29, 0.717) is 6.04 Å². The summed E-state index contributed by atoms with van der Waals surface area (Å²) in [6.45, 7) is 4.48. The first-order valence-corrected chi connectivity index (χ1v) is 8.45. The minimum atomic E-state index is 0.712. The number of nitrogens with one attached hydrogen (secondary N) is 1. The van der Waals surface area contributed by atoms with E-state index in [0.717, 1.165) is 37.1 Å². The SMILES string of the molecule is COc1ccc(OC)c(CN2CCC(NCC3CC3)CC2)c1. The molecule has 4 nitrogen and oxygen atoms in total. The van der Waals surface area contributed by atoms with E-state index < -0.39 is 0 Å². The van der Waals surface area contributed by atoms with Gasteiger partial charge in [0.15, 0.2) is 0 Å². The highest BCUT2D eigenvalue weighted by Crippen LogP contribution is 2.29. The molecule has 22 heavy (non-hydrogen) atoms. The van der Waals surface area contributed by atoms with Crippen LogP contribution in [0, 0.1) is 5.92 Å². The number of hydrogen-bond acceptors (Lipinski definition) is 4. The Morgan fingerprint density at radius 1 is 1.09 bits per heavy atom. The fourth-order valence-electron chi connectivity index (χ4n) is 3.20. The lowest BCUT2D eigenvalue weighted by molar-refractivity contribution is 0.188. The summed E-state index contributed by atoms with van der Waals surface area (Å²) in [7, 11) is 3.45. The van der Waals surface area contributed by atoms with Crippen LogP contribution in [-0.4, -0.2) is 44.8 Å². The normalized spacial score (nSPS) is 20.1. The van der Waals surface area contributed by atoms with Crippen molar-refractivity contribution in [1.82, 2.24) is 10.2 Å². The third-order valence-electron chi connectivity index (χ3n) is 4.86. The molecule has 4 heteroatoms. The van der Waals surface area contributed by atoms with Crippen molar-refractivity contribution in [2.24, 2.45) is 5.92 Å². The molecular weight excluding hydrogens is 276 g/mol. The molecule has 0 atom stereocenters. The van der Waals surface area contributed by atoms with E-state index in [-0.39, 0.29) is 0 Å². The van der Waals surface area contributed by atoms with E-state index >= 15 is 0 Å². The molecule has 2 fully saturated rings. The van der Waals surface area contributed by atoms with Crippen LogP contribution in [0.1, 0.15) is 31.2 Å². The molecule has 2 aliphatic rings. The van der Waals surface area contributed by atoms with Crippen LogP contribution in [0.15, 0.2) is 18.2 Å². The summed E-state index contributed by atoms with van der Waals surface area (Å²) in [5, 5.41) is 3.74. The summed E-state index contributed by atoms with van der Waals surface area (Å²) >= 11 is 0. The highest BCUT2D eigenvalue weighted by Gasteiger charge is 2.24. The average molecular weight is 304 g/mol. The third kappa shape index (κ3) is 4.14. The minimum absolute atomic E-state index is 0.712. The number of benzene rings is 1. The van der Waals surface area contributed by atoms with Crippen LogP contribution in [-0.2, 0) is 6.54 Å². The van der Waals surface area contributed by atoms with E-state index in [9.17, 15) is 0 Å². The molecule has 1 saturated carbocycles. The van der Waals surface area contributed by atoms with Gasteiger partial charge in [0.2, 0.25) is 0 Å². The zero-order valence-corrected chi connectivity index (χ0v) is 13.8. The van der Waals surface area contributed by atoms with Gasteiger partial charge in [0, 0.05) is 18.2 Å². The fraction of sp³-hybridized carbons (Fsp3) is 0.667. The summed E-state index contributed by atoms with van der Waals surface area (Å²) < 4.78 is 10.8. The van der Waals surface area contributed by atoms with Gasteiger partial charge in [-0.3, -0.25) is 4.90 Å². The Hall–Kier alpha value is -1.26. The molecule has 0 unspecified atom stereocenters. The van der Waals surface area contributed by atoms with Crippen molar-refractivity contribution in [2.75, 3.05) is 33.9 Å². The van der Waals surface area contributed by atoms with Gasteiger partial charge in [0.05, 0.1) is 14.2 Å². The summed E-state index contributed by atoms with van der Waals surface area (Å²) in [6.07, 6.45) is 5.36. The first kappa shape index (κ1) is 15.6. The molecule has 0 spiro atoms. The van der Waals surface area contributed by atoms with Gasteiger partial charge in [0.25, 0.3) is 0 Å². The molecule has 0 amide bonds. The van der Waals surface area contributed by atoms with Crippen molar-refractivity contribution in [3.05, 3.63) is 23.8 Å². The number of hydrogen-bond donors (Lipinski definition) is 1. The minimum Gasteiger partial charge on any atom is -0.497 e. The Morgan fingerprint density at radius 2 is 1.86 bits per heavy atom. The van der Waals surface area contributed by atoms with E-state index in [1.54, 1.807) is 14.2 Å². The summed E-state index contributed by atoms with van der Waals surface area (Å²) in [5.41, 5.74) is 1.21. The van der Waals surface area contributed by atoms with Gasteiger partial charge in [-0.15, -0.1) is 0 Å². The van der Waals surface area contributed by atoms with Crippen molar-refractivity contribution in [3.63, 3.8) is 0 Å². The molecule has 1 aromatic rings. The lowest BCUT2D eigenvalue weighted by Gasteiger charge is -2.32. The van der Waals surface area contributed by atoms with Gasteiger partial charge < -0.3 is 14.8 Å². The Bertz CT molecular complexity index is 480. The van der Waals surface area contributed by atoms with Crippen LogP contribution in [0.3, 0.4) is 0 Å². The van der Waals surface area contributed by atoms with Crippen molar-refractivity contribution < 1.29 is 9.47 Å². The van der Waals surface area contributed by atoms with E-state index in [2.05, 4.69) is 16.3 Å². The van der Waals surface area contributed by atoms with Crippen LogP contribution in [0.25, 0.3) is 0 Å². The van der Waals surface area contributed by atoms with Crippen LogP contribution >= 0.6 is 0 Å². The van der Waals surface area contributed by atoms with Gasteiger partial charge in [-0.2, -0.15) is 0 Å². The number of nitrogens with zero attached hydrogens (tertiary/aromatic N) is 1. The molecule has 0 radical (unpaired) electrons. The molecule has 1 aliphatic carbocycles. The maximum absolute atomic E-state index is 5.48. The highest BCUT2D eigenvalue weighted by molar-refractivity contribution is 5.40. The fourth-order valence-corrected chi connectivity index (χ4v) is 3.20.